The highest BCUT2D eigenvalue weighted by atomic mass is 19.1. The number of carbonyl (C=O) groups excluding carboxylic acids is 1. The second kappa shape index (κ2) is 9.00. The number of phenols is 2. The van der Waals surface area contributed by atoms with Crippen LogP contribution in [0.4, 0.5) is 33.2 Å². The molecule has 0 saturated heterocycles. The molecule has 4 rings (SSSR count). The first-order chi connectivity index (χ1) is 15.5. The van der Waals surface area contributed by atoms with Crippen LogP contribution in [0.15, 0.2) is 79.0 Å². The Hall–Kier alpha value is -4.66. The van der Waals surface area contributed by atoms with Crippen LogP contribution in [-0.2, 0) is 0 Å². The molecular formula is C23H18FN5O3. The van der Waals surface area contributed by atoms with Crippen molar-refractivity contribution in [2.45, 2.75) is 0 Å². The number of nitrogens with one attached hydrogen (secondary N) is 3. The normalized spacial score (nSPS) is 10.4. The number of hydrogen-bond acceptors (Lipinski definition) is 7. The molecule has 9 heteroatoms. The largest absolute Gasteiger partial charge is 0.508 e. The van der Waals surface area contributed by atoms with Gasteiger partial charge in [0.05, 0.1) is 6.20 Å². The Morgan fingerprint density at radius 3 is 1.91 bits per heavy atom. The van der Waals surface area contributed by atoms with Crippen LogP contribution in [0.25, 0.3) is 0 Å². The van der Waals surface area contributed by atoms with Gasteiger partial charge in [-0.15, -0.1) is 0 Å². The second-order valence-electron chi connectivity index (χ2n) is 6.77. The summed E-state index contributed by atoms with van der Waals surface area (Å²) in [7, 11) is 0. The fourth-order valence-corrected chi connectivity index (χ4v) is 2.78. The van der Waals surface area contributed by atoms with Crippen molar-refractivity contribution in [2.24, 2.45) is 0 Å². The van der Waals surface area contributed by atoms with E-state index < -0.39 is 5.82 Å². The zero-order valence-corrected chi connectivity index (χ0v) is 16.6. The van der Waals surface area contributed by atoms with Gasteiger partial charge in [-0.25, -0.2) is 9.37 Å². The molecule has 0 saturated carbocycles. The van der Waals surface area contributed by atoms with Crippen molar-refractivity contribution in [1.82, 2.24) is 9.97 Å². The standard InChI is InChI=1S/C23H18FN5O3/c24-20-13-25-23(28-17-7-11-19(31)12-8-17)29-21(20)26-15-3-1-14(2-4-15)22(32)27-16-5-9-18(30)10-6-16/h1-13,30-31H,(H,27,32)(H2,25,26,28,29). The number of halogens is 1. The Balaban J connectivity index is 1.44. The van der Waals surface area contributed by atoms with Crippen LogP contribution in [-0.4, -0.2) is 26.1 Å². The molecule has 0 bridgehead atoms. The summed E-state index contributed by atoms with van der Waals surface area (Å²) < 4.78 is 14.2. The summed E-state index contributed by atoms with van der Waals surface area (Å²) in [6, 6.07) is 18.8. The monoisotopic (exact) mass is 431 g/mol. The van der Waals surface area contributed by atoms with Crippen LogP contribution in [0, 0.1) is 5.82 Å². The van der Waals surface area contributed by atoms with Crippen molar-refractivity contribution >= 4 is 34.7 Å². The number of phenolic OH excluding ortho intramolecular Hbond substituents is 2. The minimum absolute atomic E-state index is 0.0393. The molecule has 0 spiro atoms. The zero-order valence-electron chi connectivity index (χ0n) is 16.6. The average Bonchev–Trinajstić information content (AvgIpc) is 2.79. The van der Waals surface area contributed by atoms with E-state index in [1.807, 2.05) is 0 Å². The molecule has 0 aliphatic carbocycles. The second-order valence-corrected chi connectivity index (χ2v) is 6.77. The van der Waals surface area contributed by atoms with Gasteiger partial charge >= 0.3 is 0 Å². The number of aromatic nitrogens is 2. The topological polar surface area (TPSA) is 119 Å². The summed E-state index contributed by atoms with van der Waals surface area (Å²) in [5, 5.41) is 27.2. The van der Waals surface area contributed by atoms with Crippen LogP contribution in [0.1, 0.15) is 10.4 Å². The maximum Gasteiger partial charge on any atom is 0.255 e. The molecule has 32 heavy (non-hydrogen) atoms. The SMILES string of the molecule is O=C(Nc1ccc(O)cc1)c1ccc(Nc2nc(Nc3ccc(O)cc3)ncc2F)cc1. The lowest BCUT2D eigenvalue weighted by molar-refractivity contribution is 0.102. The number of rotatable bonds is 6. The Labute approximate surface area is 182 Å². The van der Waals surface area contributed by atoms with Crippen molar-refractivity contribution in [1.29, 1.82) is 0 Å². The van der Waals surface area contributed by atoms with E-state index in [-0.39, 0.29) is 29.2 Å². The molecule has 0 aliphatic rings. The van der Waals surface area contributed by atoms with E-state index in [0.29, 0.717) is 22.6 Å². The van der Waals surface area contributed by atoms with Gasteiger partial charge in [0, 0.05) is 22.6 Å². The number of carbonyl (C=O) groups is 1. The molecule has 0 atom stereocenters. The Bertz CT molecular complexity index is 1230. The van der Waals surface area contributed by atoms with Crippen LogP contribution < -0.4 is 16.0 Å². The lowest BCUT2D eigenvalue weighted by atomic mass is 10.2. The smallest absolute Gasteiger partial charge is 0.255 e. The minimum atomic E-state index is -0.643. The van der Waals surface area contributed by atoms with E-state index >= 15 is 0 Å². The Kier molecular flexibility index (Phi) is 5.80. The summed E-state index contributed by atoms with van der Waals surface area (Å²) in [6.07, 6.45) is 1.04. The molecule has 5 N–H and O–H groups in total. The molecule has 160 valence electrons. The van der Waals surface area contributed by atoms with Crippen LogP contribution in [0.3, 0.4) is 0 Å². The molecule has 3 aromatic carbocycles. The fourth-order valence-electron chi connectivity index (χ4n) is 2.78. The quantitative estimate of drug-likeness (QED) is 0.279. The number of benzene rings is 3. The lowest BCUT2D eigenvalue weighted by Crippen LogP contribution is -2.11. The molecule has 0 aliphatic heterocycles. The molecular weight excluding hydrogens is 413 g/mol. The van der Waals surface area contributed by atoms with Crippen molar-refractivity contribution in [3.8, 4) is 11.5 Å². The van der Waals surface area contributed by atoms with Gasteiger partial charge in [0.25, 0.3) is 5.91 Å². The first kappa shape index (κ1) is 20.6. The van der Waals surface area contributed by atoms with Gasteiger partial charge in [-0.3, -0.25) is 4.79 Å². The van der Waals surface area contributed by atoms with Crippen molar-refractivity contribution in [2.75, 3.05) is 16.0 Å². The average molecular weight is 431 g/mol. The van der Waals surface area contributed by atoms with Gasteiger partial charge in [0.15, 0.2) is 11.6 Å². The first-order valence-electron chi connectivity index (χ1n) is 9.52. The molecule has 8 nitrogen and oxygen atoms in total. The predicted octanol–water partition coefficient (Wildman–Crippen LogP) is 4.77. The van der Waals surface area contributed by atoms with E-state index in [9.17, 15) is 19.4 Å². The van der Waals surface area contributed by atoms with E-state index in [4.69, 9.17) is 0 Å². The van der Waals surface area contributed by atoms with Gasteiger partial charge < -0.3 is 26.2 Å². The number of nitrogens with zero attached hydrogens (tertiary/aromatic N) is 2. The summed E-state index contributed by atoms with van der Waals surface area (Å²) in [6.45, 7) is 0. The molecule has 1 amide bonds. The van der Waals surface area contributed by atoms with E-state index in [1.165, 1.54) is 24.3 Å². The highest BCUT2D eigenvalue weighted by molar-refractivity contribution is 6.04. The maximum absolute atomic E-state index is 14.2. The predicted molar refractivity (Wildman–Crippen MR) is 119 cm³/mol. The van der Waals surface area contributed by atoms with Gasteiger partial charge in [0.2, 0.25) is 5.95 Å². The third kappa shape index (κ3) is 5.08. The molecule has 0 fully saturated rings. The van der Waals surface area contributed by atoms with Crippen LogP contribution in [0.5, 0.6) is 11.5 Å². The Morgan fingerprint density at radius 1 is 0.750 bits per heavy atom. The van der Waals surface area contributed by atoms with Crippen LogP contribution >= 0.6 is 0 Å². The number of anilines is 5. The molecule has 4 aromatic rings. The van der Waals surface area contributed by atoms with Crippen molar-refractivity contribution in [3.63, 3.8) is 0 Å². The number of aromatic hydroxyl groups is 2. The molecule has 1 heterocycles. The number of hydrogen-bond donors (Lipinski definition) is 5. The summed E-state index contributed by atoms with van der Waals surface area (Å²) in [5.41, 5.74) is 2.11. The zero-order chi connectivity index (χ0) is 22.5. The summed E-state index contributed by atoms with van der Waals surface area (Å²) >= 11 is 0. The maximum atomic E-state index is 14.2. The fraction of sp³-hybridized carbons (Fsp3) is 0. The van der Waals surface area contributed by atoms with Gasteiger partial charge in [0.1, 0.15) is 11.5 Å². The van der Waals surface area contributed by atoms with E-state index in [1.54, 1.807) is 48.5 Å². The van der Waals surface area contributed by atoms with Crippen molar-refractivity contribution in [3.05, 3.63) is 90.4 Å². The summed E-state index contributed by atoms with van der Waals surface area (Å²) in [5.74, 6) is -0.603. The summed E-state index contributed by atoms with van der Waals surface area (Å²) in [4.78, 5) is 20.4. The highest BCUT2D eigenvalue weighted by Gasteiger charge is 2.10. The van der Waals surface area contributed by atoms with E-state index in [0.717, 1.165) is 6.20 Å². The van der Waals surface area contributed by atoms with E-state index in [2.05, 4.69) is 25.9 Å². The molecule has 0 unspecified atom stereocenters. The van der Waals surface area contributed by atoms with Gasteiger partial charge in [-0.2, -0.15) is 4.98 Å². The molecule has 0 radical (unpaired) electrons. The molecule has 1 aromatic heterocycles. The van der Waals surface area contributed by atoms with Crippen molar-refractivity contribution < 1.29 is 19.4 Å². The first-order valence-corrected chi connectivity index (χ1v) is 9.52. The number of amides is 1. The minimum Gasteiger partial charge on any atom is -0.508 e. The lowest BCUT2D eigenvalue weighted by Gasteiger charge is -2.10. The highest BCUT2D eigenvalue weighted by Crippen LogP contribution is 2.22. The van der Waals surface area contributed by atoms with Gasteiger partial charge in [-0.05, 0) is 72.8 Å². The van der Waals surface area contributed by atoms with Crippen LogP contribution in [0.2, 0.25) is 0 Å². The third-order valence-corrected chi connectivity index (χ3v) is 4.40. The van der Waals surface area contributed by atoms with Gasteiger partial charge in [-0.1, -0.05) is 0 Å². The Morgan fingerprint density at radius 2 is 1.28 bits per heavy atom. The third-order valence-electron chi connectivity index (χ3n) is 4.40.